The van der Waals surface area contributed by atoms with Crippen LogP contribution in [0.25, 0.3) is 0 Å². The maximum atomic E-state index is 11.3. The lowest BCUT2D eigenvalue weighted by atomic mass is 10.4. The molecule has 1 aromatic heterocycles. The first-order valence-corrected chi connectivity index (χ1v) is 4.70. The van der Waals surface area contributed by atoms with Gasteiger partial charge in [0.05, 0.1) is 16.7 Å². The Morgan fingerprint density at radius 2 is 2.36 bits per heavy atom. The van der Waals surface area contributed by atoms with Gasteiger partial charge in [0, 0.05) is 13.2 Å². The Bertz CT molecular complexity index is 387. The van der Waals surface area contributed by atoms with Crippen molar-refractivity contribution in [2.75, 3.05) is 11.9 Å². The first kappa shape index (κ1) is 10.9. The van der Waals surface area contributed by atoms with Crippen LogP contribution in [-0.4, -0.2) is 17.0 Å². The standard InChI is InChI=1S/C8H10BrN3O2/c1-12-4-5(11-7(13)3-10)2-6(9)8(12)14/h2,4H,3,10H2,1H3,(H,11,13). The van der Waals surface area contributed by atoms with Crippen LogP contribution < -0.4 is 16.6 Å². The van der Waals surface area contributed by atoms with E-state index in [1.165, 1.54) is 16.8 Å². The highest BCUT2D eigenvalue weighted by Crippen LogP contribution is 2.10. The van der Waals surface area contributed by atoms with Crippen LogP contribution in [0.15, 0.2) is 21.5 Å². The number of hydrogen-bond donors (Lipinski definition) is 2. The maximum Gasteiger partial charge on any atom is 0.264 e. The minimum absolute atomic E-state index is 0.0829. The van der Waals surface area contributed by atoms with E-state index in [-0.39, 0.29) is 18.0 Å². The van der Waals surface area contributed by atoms with Crippen molar-refractivity contribution in [3.8, 4) is 0 Å². The number of pyridine rings is 1. The molecule has 0 fully saturated rings. The quantitative estimate of drug-likeness (QED) is 0.788. The molecule has 1 amide bonds. The van der Waals surface area contributed by atoms with Gasteiger partial charge in [-0.2, -0.15) is 0 Å². The Hall–Kier alpha value is -1.14. The lowest BCUT2D eigenvalue weighted by Crippen LogP contribution is -2.24. The van der Waals surface area contributed by atoms with Gasteiger partial charge in [0.25, 0.3) is 5.56 Å². The summed E-state index contributed by atoms with van der Waals surface area (Å²) in [6, 6.07) is 1.54. The molecule has 0 saturated heterocycles. The number of nitrogens with one attached hydrogen (secondary N) is 1. The Morgan fingerprint density at radius 1 is 1.71 bits per heavy atom. The number of hydrogen-bond acceptors (Lipinski definition) is 3. The molecule has 5 nitrogen and oxygen atoms in total. The molecule has 76 valence electrons. The zero-order chi connectivity index (χ0) is 10.7. The normalized spacial score (nSPS) is 9.93. The number of amides is 1. The molecule has 6 heteroatoms. The predicted molar refractivity (Wildman–Crippen MR) is 57.1 cm³/mol. The van der Waals surface area contributed by atoms with Crippen LogP contribution in [0.2, 0.25) is 0 Å². The summed E-state index contributed by atoms with van der Waals surface area (Å²) in [5, 5.41) is 2.55. The fraction of sp³-hybridized carbons (Fsp3) is 0.250. The highest BCUT2D eigenvalue weighted by molar-refractivity contribution is 9.10. The molecular weight excluding hydrogens is 250 g/mol. The largest absolute Gasteiger partial charge is 0.324 e. The SMILES string of the molecule is Cn1cc(NC(=O)CN)cc(Br)c1=O. The van der Waals surface area contributed by atoms with E-state index in [1.807, 2.05) is 0 Å². The van der Waals surface area contributed by atoms with Crippen LogP contribution in [0.4, 0.5) is 5.69 Å². The summed E-state index contributed by atoms with van der Waals surface area (Å²) in [5.41, 5.74) is 5.51. The molecule has 0 aromatic carbocycles. The van der Waals surface area contributed by atoms with E-state index in [4.69, 9.17) is 5.73 Å². The second kappa shape index (κ2) is 4.39. The summed E-state index contributed by atoms with van der Waals surface area (Å²) in [7, 11) is 1.60. The number of nitrogens with two attached hydrogens (primary N) is 1. The van der Waals surface area contributed by atoms with E-state index < -0.39 is 0 Å². The van der Waals surface area contributed by atoms with Crippen molar-refractivity contribution < 1.29 is 4.79 Å². The summed E-state index contributed by atoms with van der Waals surface area (Å²) >= 11 is 3.09. The van der Waals surface area contributed by atoms with Crippen molar-refractivity contribution in [1.29, 1.82) is 0 Å². The van der Waals surface area contributed by atoms with Gasteiger partial charge in [-0.05, 0) is 22.0 Å². The van der Waals surface area contributed by atoms with Gasteiger partial charge in [0.15, 0.2) is 0 Å². The number of carbonyl (C=O) groups excluding carboxylic acids is 1. The highest BCUT2D eigenvalue weighted by Gasteiger charge is 2.03. The minimum Gasteiger partial charge on any atom is -0.324 e. The number of aryl methyl sites for hydroxylation is 1. The van der Waals surface area contributed by atoms with Crippen LogP contribution in [0.3, 0.4) is 0 Å². The van der Waals surface area contributed by atoms with Gasteiger partial charge < -0.3 is 15.6 Å². The monoisotopic (exact) mass is 259 g/mol. The molecule has 1 aromatic rings. The second-order valence-electron chi connectivity index (χ2n) is 2.75. The fourth-order valence-electron chi connectivity index (χ4n) is 0.952. The Balaban J connectivity index is 3.01. The van der Waals surface area contributed by atoms with Crippen LogP contribution in [0.5, 0.6) is 0 Å². The Morgan fingerprint density at radius 3 is 2.86 bits per heavy atom. The molecule has 0 spiro atoms. The predicted octanol–water partition coefficient (Wildman–Crippen LogP) is 0.0450. The van der Waals surface area contributed by atoms with E-state index in [9.17, 15) is 9.59 Å². The fourth-order valence-corrected chi connectivity index (χ4v) is 1.48. The molecule has 0 aliphatic rings. The molecule has 0 radical (unpaired) electrons. The molecule has 0 unspecified atom stereocenters. The number of halogens is 1. The smallest absolute Gasteiger partial charge is 0.264 e. The van der Waals surface area contributed by atoms with Crippen molar-refractivity contribution in [3.63, 3.8) is 0 Å². The average Bonchev–Trinajstić information content (AvgIpc) is 2.14. The van der Waals surface area contributed by atoms with Gasteiger partial charge in [-0.25, -0.2) is 0 Å². The lowest BCUT2D eigenvalue weighted by molar-refractivity contribution is -0.114. The van der Waals surface area contributed by atoms with Gasteiger partial charge in [0.1, 0.15) is 0 Å². The zero-order valence-electron chi connectivity index (χ0n) is 7.58. The number of rotatable bonds is 2. The van der Waals surface area contributed by atoms with Gasteiger partial charge in [-0.3, -0.25) is 9.59 Å². The van der Waals surface area contributed by atoms with Crippen LogP contribution in [0.1, 0.15) is 0 Å². The summed E-state index contributed by atoms with van der Waals surface area (Å²) < 4.78 is 1.77. The van der Waals surface area contributed by atoms with Crippen LogP contribution in [-0.2, 0) is 11.8 Å². The van der Waals surface area contributed by atoms with Crippen molar-refractivity contribution in [2.24, 2.45) is 12.8 Å². The van der Waals surface area contributed by atoms with Crippen molar-refractivity contribution in [2.45, 2.75) is 0 Å². The molecule has 0 aliphatic heterocycles. The second-order valence-corrected chi connectivity index (χ2v) is 3.60. The van der Waals surface area contributed by atoms with Gasteiger partial charge in [-0.1, -0.05) is 0 Å². The molecule has 0 saturated carbocycles. The van der Waals surface area contributed by atoms with Crippen LogP contribution >= 0.6 is 15.9 Å². The third-order valence-corrected chi connectivity index (χ3v) is 2.18. The molecule has 0 aliphatic carbocycles. The number of carbonyl (C=O) groups is 1. The maximum absolute atomic E-state index is 11.3. The summed E-state index contributed by atoms with van der Waals surface area (Å²) in [4.78, 5) is 22.2. The van der Waals surface area contributed by atoms with E-state index in [2.05, 4.69) is 21.2 Å². The minimum atomic E-state index is -0.296. The number of nitrogens with zero attached hydrogens (tertiary/aromatic N) is 1. The molecule has 14 heavy (non-hydrogen) atoms. The lowest BCUT2D eigenvalue weighted by Gasteiger charge is -2.05. The molecule has 0 bridgehead atoms. The Kier molecular flexibility index (Phi) is 3.43. The van der Waals surface area contributed by atoms with E-state index in [0.29, 0.717) is 10.2 Å². The molecular formula is C8H10BrN3O2. The topological polar surface area (TPSA) is 77.1 Å². The van der Waals surface area contributed by atoms with E-state index in [0.717, 1.165) is 0 Å². The summed E-state index contributed by atoms with van der Waals surface area (Å²) in [6.45, 7) is -0.0829. The molecule has 3 N–H and O–H groups in total. The third kappa shape index (κ3) is 2.43. The Labute approximate surface area is 89.0 Å². The first-order chi connectivity index (χ1) is 6.54. The van der Waals surface area contributed by atoms with Gasteiger partial charge in [-0.15, -0.1) is 0 Å². The summed E-state index contributed by atoms with van der Waals surface area (Å²) in [6.07, 6.45) is 1.53. The molecule has 0 atom stereocenters. The average molecular weight is 260 g/mol. The number of aromatic nitrogens is 1. The van der Waals surface area contributed by atoms with E-state index in [1.54, 1.807) is 7.05 Å². The molecule has 1 rings (SSSR count). The molecule has 1 heterocycles. The van der Waals surface area contributed by atoms with Gasteiger partial charge >= 0.3 is 0 Å². The zero-order valence-corrected chi connectivity index (χ0v) is 9.17. The first-order valence-electron chi connectivity index (χ1n) is 3.90. The summed E-state index contributed by atoms with van der Waals surface area (Å²) in [5.74, 6) is -0.296. The van der Waals surface area contributed by atoms with Gasteiger partial charge in [0.2, 0.25) is 5.91 Å². The van der Waals surface area contributed by atoms with Crippen molar-refractivity contribution in [3.05, 3.63) is 27.1 Å². The van der Waals surface area contributed by atoms with Crippen molar-refractivity contribution in [1.82, 2.24) is 4.57 Å². The number of anilines is 1. The van der Waals surface area contributed by atoms with Crippen molar-refractivity contribution >= 4 is 27.5 Å². The van der Waals surface area contributed by atoms with Crippen LogP contribution in [0, 0.1) is 0 Å². The third-order valence-electron chi connectivity index (χ3n) is 1.61. The highest BCUT2D eigenvalue weighted by atomic mass is 79.9. The van der Waals surface area contributed by atoms with E-state index >= 15 is 0 Å².